The van der Waals surface area contributed by atoms with Gasteiger partial charge in [-0.05, 0) is 24.6 Å². The first-order chi connectivity index (χ1) is 11.3. The lowest BCUT2D eigenvalue weighted by Crippen LogP contribution is -2.31. The summed E-state index contributed by atoms with van der Waals surface area (Å²) in [5.74, 6) is -0.528. The SMILES string of the molecule is CC(NC(=O)Nc1cc(N)c(C(=N)N)cn1)c1ccc(F)c(Cl)c1. The molecule has 0 saturated heterocycles. The van der Waals surface area contributed by atoms with Crippen LogP contribution in [0, 0.1) is 11.2 Å². The zero-order chi connectivity index (χ0) is 17.9. The Kier molecular flexibility index (Phi) is 5.20. The third kappa shape index (κ3) is 4.11. The minimum absolute atomic E-state index is 0.0178. The Bertz CT molecular complexity index is 798. The van der Waals surface area contributed by atoms with E-state index in [1.807, 2.05) is 0 Å². The van der Waals surface area contributed by atoms with Gasteiger partial charge in [0, 0.05) is 18.0 Å². The van der Waals surface area contributed by atoms with Gasteiger partial charge in [0.15, 0.2) is 0 Å². The summed E-state index contributed by atoms with van der Waals surface area (Å²) in [6, 6.07) is 4.68. The van der Waals surface area contributed by atoms with Crippen LogP contribution < -0.4 is 22.1 Å². The fourth-order valence-corrected chi connectivity index (χ4v) is 2.17. The number of hydrogen-bond acceptors (Lipinski definition) is 4. The second-order valence-electron chi connectivity index (χ2n) is 5.06. The molecule has 1 aromatic heterocycles. The standard InChI is InChI=1S/C15H16ClFN6O/c1-7(8-2-3-11(17)10(16)4-8)22-15(24)23-13-5-12(18)9(6-21-13)14(19)20/h2-7H,1H3,(H3,19,20)(H4,18,21,22,23,24). The van der Waals surface area contributed by atoms with Crippen LogP contribution in [0.15, 0.2) is 30.5 Å². The van der Waals surface area contributed by atoms with Crippen LogP contribution in [0.3, 0.4) is 0 Å². The van der Waals surface area contributed by atoms with E-state index in [-0.39, 0.29) is 27.9 Å². The van der Waals surface area contributed by atoms with Gasteiger partial charge in [0.25, 0.3) is 0 Å². The number of carbonyl (C=O) groups excluding carboxylic acids is 1. The van der Waals surface area contributed by atoms with Crippen molar-refractivity contribution in [2.24, 2.45) is 5.73 Å². The smallest absolute Gasteiger partial charge is 0.320 e. The molecule has 0 bridgehead atoms. The molecule has 7 nitrogen and oxygen atoms in total. The van der Waals surface area contributed by atoms with Gasteiger partial charge in [0.05, 0.1) is 16.6 Å². The van der Waals surface area contributed by atoms with Gasteiger partial charge in [0.1, 0.15) is 17.5 Å². The molecule has 2 amide bonds. The molecule has 24 heavy (non-hydrogen) atoms. The van der Waals surface area contributed by atoms with Crippen LogP contribution in [0.5, 0.6) is 0 Å². The number of rotatable bonds is 4. The van der Waals surface area contributed by atoms with Crippen LogP contribution in [0.2, 0.25) is 5.02 Å². The summed E-state index contributed by atoms with van der Waals surface area (Å²) >= 11 is 5.73. The Morgan fingerprint density at radius 3 is 2.71 bits per heavy atom. The molecule has 0 aliphatic rings. The predicted octanol–water partition coefficient (Wildman–Crippen LogP) is 2.62. The van der Waals surface area contributed by atoms with E-state index in [4.69, 9.17) is 28.5 Å². The quantitative estimate of drug-likeness (QED) is 0.428. The molecule has 2 aromatic rings. The molecule has 2 rings (SSSR count). The van der Waals surface area contributed by atoms with Crippen LogP contribution in [0.4, 0.5) is 20.7 Å². The first kappa shape index (κ1) is 17.5. The number of nitrogens with two attached hydrogens (primary N) is 2. The third-order valence-corrected chi connectivity index (χ3v) is 3.55. The number of nitrogens with zero attached hydrogens (tertiary/aromatic N) is 1. The molecule has 126 valence electrons. The van der Waals surface area contributed by atoms with Crippen molar-refractivity contribution in [2.75, 3.05) is 11.1 Å². The first-order valence-corrected chi connectivity index (χ1v) is 7.28. The molecule has 0 spiro atoms. The molecule has 0 saturated carbocycles. The van der Waals surface area contributed by atoms with Crippen molar-refractivity contribution in [2.45, 2.75) is 13.0 Å². The second-order valence-corrected chi connectivity index (χ2v) is 5.47. The highest BCUT2D eigenvalue weighted by Gasteiger charge is 2.13. The van der Waals surface area contributed by atoms with Gasteiger partial charge in [-0.1, -0.05) is 17.7 Å². The lowest BCUT2D eigenvalue weighted by atomic mass is 10.1. The third-order valence-electron chi connectivity index (χ3n) is 3.26. The molecule has 1 heterocycles. The zero-order valence-electron chi connectivity index (χ0n) is 12.7. The maximum Gasteiger partial charge on any atom is 0.320 e. The fourth-order valence-electron chi connectivity index (χ4n) is 1.98. The molecule has 0 aliphatic heterocycles. The van der Waals surface area contributed by atoms with Gasteiger partial charge < -0.3 is 16.8 Å². The molecule has 9 heteroatoms. The Labute approximate surface area is 142 Å². The second kappa shape index (κ2) is 7.14. The summed E-state index contributed by atoms with van der Waals surface area (Å²) in [4.78, 5) is 16.0. The van der Waals surface area contributed by atoms with Gasteiger partial charge in [-0.15, -0.1) is 0 Å². The fraction of sp³-hybridized carbons (Fsp3) is 0.133. The van der Waals surface area contributed by atoms with Crippen LogP contribution in [0.1, 0.15) is 24.1 Å². The highest BCUT2D eigenvalue weighted by atomic mass is 35.5. The minimum atomic E-state index is -0.526. The summed E-state index contributed by atoms with van der Waals surface area (Å²) in [5, 5.41) is 12.5. The van der Waals surface area contributed by atoms with Gasteiger partial charge in [-0.25, -0.2) is 14.2 Å². The van der Waals surface area contributed by atoms with E-state index in [0.717, 1.165) is 0 Å². The lowest BCUT2D eigenvalue weighted by Gasteiger charge is -2.15. The number of nitrogens with one attached hydrogen (secondary N) is 3. The van der Waals surface area contributed by atoms with Crippen LogP contribution in [-0.4, -0.2) is 16.9 Å². The van der Waals surface area contributed by atoms with Crippen molar-refractivity contribution in [3.63, 3.8) is 0 Å². The van der Waals surface area contributed by atoms with E-state index < -0.39 is 17.9 Å². The topological polar surface area (TPSA) is 130 Å². The number of nitrogen functional groups attached to an aromatic ring is 2. The molecule has 0 aliphatic carbocycles. The number of pyridine rings is 1. The molecule has 0 fully saturated rings. The number of urea groups is 1. The van der Waals surface area contributed by atoms with Gasteiger partial charge in [-0.2, -0.15) is 0 Å². The van der Waals surface area contributed by atoms with E-state index in [0.29, 0.717) is 5.56 Å². The molecule has 1 atom stereocenters. The van der Waals surface area contributed by atoms with E-state index in [2.05, 4.69) is 15.6 Å². The molecule has 1 aromatic carbocycles. The number of amidine groups is 1. The van der Waals surface area contributed by atoms with Crippen LogP contribution in [-0.2, 0) is 0 Å². The Hall–Kier alpha value is -2.87. The Morgan fingerprint density at radius 1 is 1.42 bits per heavy atom. The maximum atomic E-state index is 13.2. The van der Waals surface area contributed by atoms with Gasteiger partial charge in [-0.3, -0.25) is 10.7 Å². The summed E-state index contributed by atoms with van der Waals surface area (Å²) in [7, 11) is 0. The number of amides is 2. The number of halogens is 2. The molecule has 0 radical (unpaired) electrons. The molecular formula is C15H16ClFN6O. The van der Waals surface area contributed by atoms with Gasteiger partial charge >= 0.3 is 6.03 Å². The van der Waals surface area contributed by atoms with Crippen LogP contribution >= 0.6 is 11.6 Å². The highest BCUT2D eigenvalue weighted by molar-refractivity contribution is 6.30. The van der Waals surface area contributed by atoms with E-state index >= 15 is 0 Å². The zero-order valence-corrected chi connectivity index (χ0v) is 13.5. The minimum Gasteiger partial charge on any atom is -0.398 e. The Morgan fingerprint density at radius 2 is 2.12 bits per heavy atom. The van der Waals surface area contributed by atoms with E-state index in [1.165, 1.54) is 30.5 Å². The Balaban J connectivity index is 2.03. The number of benzene rings is 1. The van der Waals surface area contributed by atoms with Crippen molar-refractivity contribution >= 4 is 35.0 Å². The normalized spacial score (nSPS) is 11.6. The average Bonchev–Trinajstić information content (AvgIpc) is 2.49. The summed E-state index contributed by atoms with van der Waals surface area (Å²) < 4.78 is 13.2. The molecule has 1 unspecified atom stereocenters. The lowest BCUT2D eigenvalue weighted by molar-refractivity contribution is 0.249. The van der Waals surface area contributed by atoms with Crippen molar-refractivity contribution in [3.8, 4) is 0 Å². The average molecular weight is 351 g/mol. The van der Waals surface area contributed by atoms with E-state index in [9.17, 15) is 9.18 Å². The largest absolute Gasteiger partial charge is 0.398 e. The van der Waals surface area contributed by atoms with Crippen molar-refractivity contribution in [1.29, 1.82) is 5.41 Å². The number of hydrogen-bond donors (Lipinski definition) is 5. The first-order valence-electron chi connectivity index (χ1n) is 6.90. The highest BCUT2D eigenvalue weighted by Crippen LogP contribution is 2.21. The summed E-state index contributed by atoms with van der Waals surface area (Å²) in [5.41, 5.74) is 12.2. The number of carbonyl (C=O) groups is 1. The van der Waals surface area contributed by atoms with Crippen LogP contribution in [0.25, 0.3) is 0 Å². The molecular weight excluding hydrogens is 335 g/mol. The van der Waals surface area contributed by atoms with Crippen molar-refractivity contribution < 1.29 is 9.18 Å². The summed E-state index contributed by atoms with van der Waals surface area (Å²) in [6.07, 6.45) is 1.30. The number of aromatic nitrogens is 1. The number of anilines is 2. The monoisotopic (exact) mass is 350 g/mol. The molecule has 7 N–H and O–H groups in total. The van der Waals surface area contributed by atoms with Crippen molar-refractivity contribution in [1.82, 2.24) is 10.3 Å². The maximum absolute atomic E-state index is 13.2. The summed E-state index contributed by atoms with van der Waals surface area (Å²) in [6.45, 7) is 1.73. The predicted molar refractivity (Wildman–Crippen MR) is 91.6 cm³/mol. The van der Waals surface area contributed by atoms with Gasteiger partial charge in [0.2, 0.25) is 0 Å². The van der Waals surface area contributed by atoms with E-state index in [1.54, 1.807) is 6.92 Å². The van der Waals surface area contributed by atoms with Crippen molar-refractivity contribution in [3.05, 3.63) is 52.4 Å².